The number of nitrogens with zero attached hydrogens (tertiary/aromatic N) is 1. The summed E-state index contributed by atoms with van der Waals surface area (Å²) in [5, 5.41) is 12.0. The van der Waals surface area contributed by atoms with Gasteiger partial charge in [0.25, 0.3) is 5.91 Å². The maximum Gasteiger partial charge on any atom is 0.515 e. The third-order valence-corrected chi connectivity index (χ3v) is 4.96. The van der Waals surface area contributed by atoms with Gasteiger partial charge in [-0.3, -0.25) is 19.3 Å². The van der Waals surface area contributed by atoms with Gasteiger partial charge in [-0.25, -0.2) is 5.48 Å². The summed E-state index contributed by atoms with van der Waals surface area (Å²) in [6, 6.07) is 12.6. The summed E-state index contributed by atoms with van der Waals surface area (Å²) in [6.45, 7) is 0.123. The maximum absolute atomic E-state index is 12.9. The number of amides is 1. The molecular weight excluding hydrogens is 357 g/mol. The predicted octanol–water partition coefficient (Wildman–Crippen LogP) is 0.451. The van der Waals surface area contributed by atoms with E-state index in [0.29, 0.717) is 16.6 Å². The van der Waals surface area contributed by atoms with Crippen molar-refractivity contribution in [1.29, 1.82) is 0 Å². The van der Waals surface area contributed by atoms with Crippen molar-refractivity contribution in [3.63, 3.8) is 0 Å². The Kier molecular flexibility index (Phi) is 4.91. The molecule has 1 atom stereocenters. The summed E-state index contributed by atoms with van der Waals surface area (Å²) in [7, 11) is -1.28. The van der Waals surface area contributed by atoms with Crippen LogP contribution in [0, 0.1) is 0 Å². The molecule has 0 bridgehead atoms. The minimum absolute atomic E-state index is 0.0356. The van der Waals surface area contributed by atoms with Crippen LogP contribution in [0.4, 0.5) is 0 Å². The molecule has 8 heteroatoms. The SMILES string of the molecule is NCC(C(=O)Cc1ccc2cnccc2c1)c1ccc2c(c1)B(O)ONC2=O. The zero-order valence-electron chi connectivity index (χ0n) is 15.0. The molecule has 1 aliphatic heterocycles. The molecule has 0 fully saturated rings. The summed E-state index contributed by atoms with van der Waals surface area (Å²) in [6.07, 6.45) is 3.73. The van der Waals surface area contributed by atoms with Crippen LogP contribution in [-0.4, -0.2) is 35.4 Å². The van der Waals surface area contributed by atoms with Gasteiger partial charge in [-0.1, -0.05) is 30.3 Å². The topological polar surface area (TPSA) is 115 Å². The summed E-state index contributed by atoms with van der Waals surface area (Å²) < 4.78 is 4.82. The number of ketones is 1. The standard InChI is InChI=1S/C20H18BN3O4/c22-10-17(14-3-4-16-18(9-14)21(27)28-24-20(16)26)19(25)8-12-1-2-15-11-23-6-5-13(15)7-12/h1-7,9,11,17,27H,8,10,22H2,(H,24,26). The fraction of sp³-hybridized carbons (Fsp3) is 0.150. The van der Waals surface area contributed by atoms with E-state index < -0.39 is 18.9 Å². The average molecular weight is 375 g/mol. The highest BCUT2D eigenvalue weighted by atomic mass is 16.7. The zero-order valence-corrected chi connectivity index (χ0v) is 15.0. The quantitative estimate of drug-likeness (QED) is 0.558. The molecule has 1 aromatic heterocycles. The van der Waals surface area contributed by atoms with Crippen molar-refractivity contribution in [3.05, 3.63) is 71.5 Å². The number of carbonyl (C=O) groups excluding carboxylic acids is 2. The third-order valence-electron chi connectivity index (χ3n) is 4.96. The van der Waals surface area contributed by atoms with Crippen LogP contribution in [-0.2, 0) is 16.0 Å². The average Bonchev–Trinajstić information content (AvgIpc) is 2.71. The molecule has 0 radical (unpaired) electrons. The molecule has 140 valence electrons. The fourth-order valence-corrected chi connectivity index (χ4v) is 3.46. The summed E-state index contributed by atoms with van der Waals surface area (Å²) in [5.41, 5.74) is 10.2. The van der Waals surface area contributed by atoms with Crippen LogP contribution >= 0.6 is 0 Å². The van der Waals surface area contributed by atoms with Crippen molar-refractivity contribution in [2.24, 2.45) is 5.73 Å². The molecule has 1 aliphatic rings. The third kappa shape index (κ3) is 3.40. The van der Waals surface area contributed by atoms with Crippen molar-refractivity contribution in [2.75, 3.05) is 6.54 Å². The van der Waals surface area contributed by atoms with Gasteiger partial charge < -0.3 is 10.8 Å². The highest BCUT2D eigenvalue weighted by Gasteiger charge is 2.31. The summed E-state index contributed by atoms with van der Waals surface area (Å²) >= 11 is 0. The Balaban J connectivity index is 1.60. The Labute approximate surface area is 161 Å². The van der Waals surface area contributed by atoms with Crippen LogP contribution < -0.4 is 16.7 Å². The lowest BCUT2D eigenvalue weighted by Crippen LogP contribution is -2.50. The van der Waals surface area contributed by atoms with Crippen LogP contribution in [0.2, 0.25) is 0 Å². The van der Waals surface area contributed by atoms with Gasteiger partial charge in [0.05, 0.1) is 5.92 Å². The molecular formula is C20H18BN3O4. The maximum atomic E-state index is 12.9. The van der Waals surface area contributed by atoms with Gasteiger partial charge in [-0.15, -0.1) is 0 Å². The number of hydrogen-bond acceptors (Lipinski definition) is 6. The van der Waals surface area contributed by atoms with Crippen molar-refractivity contribution in [3.8, 4) is 0 Å². The van der Waals surface area contributed by atoms with Gasteiger partial charge in [0.15, 0.2) is 0 Å². The first-order chi connectivity index (χ1) is 13.6. The Bertz CT molecular complexity index is 1070. The lowest BCUT2D eigenvalue weighted by Gasteiger charge is -2.21. The molecule has 4 rings (SSSR count). The van der Waals surface area contributed by atoms with Crippen molar-refractivity contribution in [2.45, 2.75) is 12.3 Å². The van der Waals surface area contributed by atoms with Crippen LogP contribution in [0.25, 0.3) is 10.8 Å². The summed E-state index contributed by atoms with van der Waals surface area (Å²) in [5.74, 6) is -1.02. The number of pyridine rings is 1. The van der Waals surface area contributed by atoms with Gasteiger partial charge in [-0.05, 0) is 34.1 Å². The van der Waals surface area contributed by atoms with Crippen molar-refractivity contribution >= 4 is 35.0 Å². The Morgan fingerprint density at radius 1 is 1.21 bits per heavy atom. The van der Waals surface area contributed by atoms with E-state index in [1.807, 2.05) is 24.3 Å². The monoisotopic (exact) mass is 375 g/mol. The Morgan fingerprint density at radius 3 is 2.89 bits per heavy atom. The van der Waals surface area contributed by atoms with E-state index in [1.54, 1.807) is 30.6 Å². The predicted molar refractivity (Wildman–Crippen MR) is 105 cm³/mol. The second-order valence-corrected chi connectivity index (χ2v) is 6.74. The normalized spacial score (nSPS) is 14.5. The molecule has 0 saturated heterocycles. The van der Waals surface area contributed by atoms with E-state index in [0.717, 1.165) is 16.3 Å². The second-order valence-electron chi connectivity index (χ2n) is 6.74. The molecule has 7 nitrogen and oxygen atoms in total. The minimum Gasteiger partial charge on any atom is -0.422 e. The van der Waals surface area contributed by atoms with E-state index in [2.05, 4.69) is 10.5 Å². The molecule has 2 heterocycles. The van der Waals surface area contributed by atoms with Gasteiger partial charge in [0.1, 0.15) is 5.78 Å². The molecule has 0 aliphatic carbocycles. The molecule has 1 unspecified atom stereocenters. The minimum atomic E-state index is -1.28. The summed E-state index contributed by atoms with van der Waals surface area (Å²) in [4.78, 5) is 28.8. The van der Waals surface area contributed by atoms with E-state index in [9.17, 15) is 14.6 Å². The smallest absolute Gasteiger partial charge is 0.422 e. The number of hydroxylamine groups is 1. The van der Waals surface area contributed by atoms with Crippen LogP contribution in [0.1, 0.15) is 27.4 Å². The van der Waals surface area contributed by atoms with Crippen LogP contribution in [0.5, 0.6) is 0 Å². The molecule has 3 aromatic rings. The first-order valence-corrected chi connectivity index (χ1v) is 8.90. The van der Waals surface area contributed by atoms with Crippen molar-refractivity contribution < 1.29 is 19.4 Å². The highest BCUT2D eigenvalue weighted by molar-refractivity contribution is 6.62. The van der Waals surface area contributed by atoms with E-state index >= 15 is 0 Å². The number of carbonyl (C=O) groups is 2. The number of hydrogen-bond donors (Lipinski definition) is 3. The fourth-order valence-electron chi connectivity index (χ4n) is 3.46. The van der Waals surface area contributed by atoms with E-state index in [4.69, 9.17) is 10.5 Å². The largest absolute Gasteiger partial charge is 0.515 e. The Hall–Kier alpha value is -3.07. The Morgan fingerprint density at radius 2 is 2.07 bits per heavy atom. The van der Waals surface area contributed by atoms with E-state index in [1.165, 1.54) is 0 Å². The number of Topliss-reactive ketones (excluding diaryl/α,β-unsaturated/α-hetero) is 1. The van der Waals surface area contributed by atoms with Gasteiger partial charge >= 0.3 is 7.12 Å². The lowest BCUT2D eigenvalue weighted by atomic mass is 9.73. The molecule has 0 saturated carbocycles. The van der Waals surface area contributed by atoms with Crippen molar-refractivity contribution in [1.82, 2.24) is 10.5 Å². The number of fused-ring (bicyclic) bond motifs is 2. The number of rotatable bonds is 5. The van der Waals surface area contributed by atoms with Gasteiger partial charge in [0, 0.05) is 36.3 Å². The van der Waals surface area contributed by atoms with Gasteiger partial charge in [-0.2, -0.15) is 0 Å². The molecule has 28 heavy (non-hydrogen) atoms. The number of nitrogens with two attached hydrogens (primary N) is 1. The first kappa shape index (κ1) is 18.3. The number of aromatic nitrogens is 1. The molecule has 4 N–H and O–H groups in total. The zero-order chi connectivity index (χ0) is 19.7. The lowest BCUT2D eigenvalue weighted by molar-refractivity contribution is -0.119. The van der Waals surface area contributed by atoms with E-state index in [-0.39, 0.29) is 18.7 Å². The number of benzene rings is 2. The highest BCUT2D eigenvalue weighted by Crippen LogP contribution is 2.21. The van der Waals surface area contributed by atoms with Gasteiger partial charge in [0.2, 0.25) is 0 Å². The number of nitrogens with one attached hydrogen (secondary N) is 1. The van der Waals surface area contributed by atoms with Crippen LogP contribution in [0.3, 0.4) is 0 Å². The second kappa shape index (κ2) is 7.51. The molecule has 0 spiro atoms. The van der Waals surface area contributed by atoms with Crippen LogP contribution in [0.15, 0.2) is 54.9 Å². The first-order valence-electron chi connectivity index (χ1n) is 8.90. The molecule has 2 aromatic carbocycles. The molecule has 1 amide bonds.